The number of esters is 1. The molecular formula is C18H26N2O4. The van der Waals surface area contributed by atoms with Crippen LogP contribution >= 0.6 is 0 Å². The molecule has 132 valence electrons. The van der Waals surface area contributed by atoms with Gasteiger partial charge < -0.3 is 19.4 Å². The molecule has 0 spiro atoms. The summed E-state index contributed by atoms with van der Waals surface area (Å²) in [4.78, 5) is 23.5. The third-order valence-corrected chi connectivity index (χ3v) is 2.69. The molecule has 0 radical (unpaired) electrons. The highest BCUT2D eigenvalue weighted by atomic mass is 16.5. The second kappa shape index (κ2) is 13.9. The molecule has 0 aliphatic rings. The number of hydrogen-bond donors (Lipinski definition) is 2. The molecule has 2 aromatic rings. The molecule has 0 fully saturated rings. The van der Waals surface area contributed by atoms with Gasteiger partial charge in [-0.2, -0.15) is 0 Å². The summed E-state index contributed by atoms with van der Waals surface area (Å²) >= 11 is 0. The van der Waals surface area contributed by atoms with Crippen LogP contribution in [-0.2, 0) is 14.3 Å². The number of nitrogens with zero attached hydrogens (tertiary/aromatic N) is 1. The molecule has 6 nitrogen and oxygen atoms in total. The molecule has 1 atom stereocenters. The Balaban J connectivity index is 0.000000356. The molecule has 0 aromatic carbocycles. The number of ether oxygens (including phenoxy) is 1. The number of allylic oxidation sites excluding steroid dienone is 1. The summed E-state index contributed by atoms with van der Waals surface area (Å²) in [5.74, 6) is -1.03. The molecule has 0 bridgehead atoms. The van der Waals surface area contributed by atoms with Gasteiger partial charge in [0.15, 0.2) is 0 Å². The van der Waals surface area contributed by atoms with Gasteiger partial charge in [-0.1, -0.05) is 6.08 Å². The lowest BCUT2D eigenvalue weighted by molar-refractivity contribution is -0.138. The molecule has 6 heteroatoms. The smallest absolute Gasteiger partial charge is 0.330 e. The van der Waals surface area contributed by atoms with Crippen LogP contribution in [0.4, 0.5) is 0 Å². The first-order valence-electron chi connectivity index (χ1n) is 7.72. The first kappa shape index (κ1) is 21.2. The summed E-state index contributed by atoms with van der Waals surface area (Å²) in [6, 6.07) is 7.71. The number of aromatic amines is 1. The van der Waals surface area contributed by atoms with E-state index < -0.39 is 5.97 Å². The number of nitrogens with one attached hydrogen (secondary N) is 1. The minimum atomic E-state index is -0.758. The third kappa shape index (κ3) is 11.9. The van der Waals surface area contributed by atoms with E-state index in [2.05, 4.69) is 9.72 Å². The standard InChI is InChI=1S/C8H11NO2.C6H10O2.C4H5N/c1-7(6-8(10)11)9-4-2-3-5-9;1-3-5-6(7)8-4-2;1-2-4-5-3-1/h2-5,7H,6H2,1H3,(H,10,11);3,5H,4H2,1-2H3;1-5H/b;5-3+;. The summed E-state index contributed by atoms with van der Waals surface area (Å²) in [5.41, 5.74) is 0. The van der Waals surface area contributed by atoms with E-state index in [0.717, 1.165) is 0 Å². The Kier molecular flexibility index (Phi) is 12.3. The fourth-order valence-corrected chi connectivity index (χ4v) is 1.60. The molecule has 24 heavy (non-hydrogen) atoms. The van der Waals surface area contributed by atoms with E-state index in [0.29, 0.717) is 6.61 Å². The molecule has 0 aliphatic carbocycles. The molecule has 0 saturated heterocycles. The van der Waals surface area contributed by atoms with Gasteiger partial charge in [0, 0.05) is 36.9 Å². The Bertz CT molecular complexity index is 543. The van der Waals surface area contributed by atoms with Crippen LogP contribution in [-0.4, -0.2) is 33.2 Å². The van der Waals surface area contributed by atoms with Gasteiger partial charge in [-0.15, -0.1) is 0 Å². The van der Waals surface area contributed by atoms with E-state index in [1.807, 2.05) is 60.5 Å². The Labute approximate surface area is 142 Å². The number of rotatable bonds is 5. The van der Waals surface area contributed by atoms with Crippen molar-refractivity contribution >= 4 is 11.9 Å². The quantitative estimate of drug-likeness (QED) is 0.645. The number of aromatic nitrogens is 2. The summed E-state index contributed by atoms with van der Waals surface area (Å²) < 4.78 is 6.44. The second-order valence-corrected chi connectivity index (χ2v) is 4.71. The summed E-state index contributed by atoms with van der Waals surface area (Å²) in [6.45, 7) is 5.88. The van der Waals surface area contributed by atoms with Crippen molar-refractivity contribution in [1.29, 1.82) is 0 Å². The van der Waals surface area contributed by atoms with Gasteiger partial charge in [0.1, 0.15) is 0 Å². The minimum Gasteiger partial charge on any atom is -0.481 e. The monoisotopic (exact) mass is 334 g/mol. The number of carbonyl (C=O) groups is 2. The van der Waals surface area contributed by atoms with Crippen LogP contribution in [0.2, 0.25) is 0 Å². The van der Waals surface area contributed by atoms with Gasteiger partial charge in [-0.25, -0.2) is 4.79 Å². The zero-order valence-corrected chi connectivity index (χ0v) is 14.4. The van der Waals surface area contributed by atoms with Crippen molar-refractivity contribution < 1.29 is 19.4 Å². The van der Waals surface area contributed by atoms with Crippen LogP contribution in [0.15, 0.2) is 61.2 Å². The van der Waals surface area contributed by atoms with E-state index in [1.165, 1.54) is 6.08 Å². The predicted octanol–water partition coefficient (Wildman–Crippen LogP) is 3.66. The van der Waals surface area contributed by atoms with Gasteiger partial charge in [0.25, 0.3) is 0 Å². The number of aliphatic carboxylic acids is 1. The van der Waals surface area contributed by atoms with E-state index in [4.69, 9.17) is 5.11 Å². The number of hydrogen-bond acceptors (Lipinski definition) is 3. The molecule has 2 rings (SSSR count). The Morgan fingerprint density at radius 2 is 1.79 bits per heavy atom. The fraction of sp³-hybridized carbons (Fsp3) is 0.333. The molecule has 1 unspecified atom stereocenters. The highest BCUT2D eigenvalue weighted by molar-refractivity contribution is 5.81. The number of carboxylic acid groups (broad SMARTS) is 1. The van der Waals surface area contributed by atoms with Crippen LogP contribution in [0.1, 0.15) is 33.2 Å². The lowest BCUT2D eigenvalue weighted by Gasteiger charge is -2.09. The van der Waals surface area contributed by atoms with Crippen LogP contribution in [0, 0.1) is 0 Å². The first-order chi connectivity index (χ1) is 11.5. The number of H-pyrrole nitrogens is 1. The fourth-order valence-electron chi connectivity index (χ4n) is 1.60. The second-order valence-electron chi connectivity index (χ2n) is 4.71. The van der Waals surface area contributed by atoms with Crippen molar-refractivity contribution in [3.63, 3.8) is 0 Å². The number of carbonyl (C=O) groups excluding carboxylic acids is 1. The van der Waals surface area contributed by atoms with Gasteiger partial charge in [-0.3, -0.25) is 4.79 Å². The Hall–Kier alpha value is -2.76. The average molecular weight is 334 g/mol. The Morgan fingerprint density at radius 3 is 2.17 bits per heavy atom. The van der Waals surface area contributed by atoms with Gasteiger partial charge in [0.05, 0.1) is 13.0 Å². The summed E-state index contributed by atoms with van der Waals surface area (Å²) in [6.07, 6.45) is 10.7. The van der Waals surface area contributed by atoms with E-state index in [1.54, 1.807) is 19.9 Å². The van der Waals surface area contributed by atoms with Crippen LogP contribution < -0.4 is 0 Å². The lowest BCUT2D eigenvalue weighted by atomic mass is 10.2. The lowest BCUT2D eigenvalue weighted by Crippen LogP contribution is -2.08. The van der Waals surface area contributed by atoms with Crippen LogP contribution in [0.25, 0.3) is 0 Å². The number of carboxylic acids is 1. The molecular weight excluding hydrogens is 308 g/mol. The zero-order valence-electron chi connectivity index (χ0n) is 14.4. The van der Waals surface area contributed by atoms with E-state index in [9.17, 15) is 9.59 Å². The van der Waals surface area contributed by atoms with Crippen LogP contribution in [0.3, 0.4) is 0 Å². The molecule has 0 saturated carbocycles. The first-order valence-corrected chi connectivity index (χ1v) is 7.72. The highest BCUT2D eigenvalue weighted by Crippen LogP contribution is 2.09. The van der Waals surface area contributed by atoms with Crippen molar-refractivity contribution in [2.45, 2.75) is 33.2 Å². The molecule has 2 N–H and O–H groups in total. The molecule has 2 heterocycles. The van der Waals surface area contributed by atoms with E-state index in [-0.39, 0.29) is 18.4 Å². The SMILES string of the molecule is C/C=C/C(=O)OCC.CC(CC(=O)O)n1cccc1.c1cc[nH]c1. The van der Waals surface area contributed by atoms with Gasteiger partial charge in [-0.05, 0) is 45.0 Å². The molecule has 0 amide bonds. The van der Waals surface area contributed by atoms with Crippen molar-refractivity contribution in [3.05, 3.63) is 61.2 Å². The summed E-state index contributed by atoms with van der Waals surface area (Å²) in [5, 5.41) is 8.47. The van der Waals surface area contributed by atoms with Crippen molar-refractivity contribution in [1.82, 2.24) is 9.55 Å². The van der Waals surface area contributed by atoms with E-state index >= 15 is 0 Å². The van der Waals surface area contributed by atoms with Crippen molar-refractivity contribution in [2.75, 3.05) is 6.61 Å². The minimum absolute atomic E-state index is 0.0440. The highest BCUT2D eigenvalue weighted by Gasteiger charge is 2.06. The summed E-state index contributed by atoms with van der Waals surface area (Å²) in [7, 11) is 0. The Morgan fingerprint density at radius 1 is 1.21 bits per heavy atom. The zero-order chi connectivity index (χ0) is 18.2. The maximum atomic E-state index is 10.3. The maximum Gasteiger partial charge on any atom is 0.330 e. The third-order valence-electron chi connectivity index (χ3n) is 2.69. The van der Waals surface area contributed by atoms with Gasteiger partial charge >= 0.3 is 11.9 Å². The van der Waals surface area contributed by atoms with Gasteiger partial charge in [0.2, 0.25) is 0 Å². The topological polar surface area (TPSA) is 84.3 Å². The molecule has 2 aromatic heterocycles. The maximum absolute atomic E-state index is 10.3. The normalized spacial score (nSPS) is 10.8. The van der Waals surface area contributed by atoms with Crippen molar-refractivity contribution in [2.24, 2.45) is 0 Å². The predicted molar refractivity (Wildman–Crippen MR) is 93.6 cm³/mol. The van der Waals surface area contributed by atoms with Crippen LogP contribution in [0.5, 0.6) is 0 Å². The largest absolute Gasteiger partial charge is 0.481 e. The van der Waals surface area contributed by atoms with Crippen molar-refractivity contribution in [3.8, 4) is 0 Å². The molecule has 0 aliphatic heterocycles. The average Bonchev–Trinajstić information content (AvgIpc) is 3.24.